The minimum absolute atomic E-state index is 0.0444. The highest BCUT2D eigenvalue weighted by Gasteiger charge is 2.58. The average molecular weight is 362 g/mol. The summed E-state index contributed by atoms with van der Waals surface area (Å²) in [4.78, 5) is 18.4. The van der Waals surface area contributed by atoms with E-state index in [-0.39, 0.29) is 30.7 Å². The van der Waals surface area contributed by atoms with E-state index in [4.69, 9.17) is 4.74 Å². The number of allylic oxidation sites excluding steroid dienone is 1. The topological polar surface area (TPSA) is 98.5 Å². The van der Waals surface area contributed by atoms with Gasteiger partial charge in [-0.3, -0.25) is 4.79 Å². The largest absolute Gasteiger partial charge is 0.394 e. The number of hydrogen-bond acceptors (Lipinski definition) is 4. The number of carbonyl (C=O) groups excluding carboxylic acids is 1. The summed E-state index contributed by atoms with van der Waals surface area (Å²) < 4.78 is 5.79. The smallest absolute Gasteiger partial charge is 0.235 e. The van der Waals surface area contributed by atoms with E-state index < -0.39 is 5.54 Å². The molecule has 0 aromatic carbocycles. The maximum absolute atomic E-state index is 13.6. The molecule has 1 aliphatic carbocycles. The van der Waals surface area contributed by atoms with E-state index in [0.29, 0.717) is 18.8 Å². The molecular formula is C19H30N4O3. The number of hydrogen-bond donors (Lipinski definition) is 1. The van der Waals surface area contributed by atoms with Crippen molar-refractivity contribution in [1.29, 1.82) is 0 Å². The molecule has 7 nitrogen and oxygen atoms in total. The predicted octanol–water partition coefficient (Wildman–Crippen LogP) is 3.33. The SMILES string of the molecule is CC[C@@H]1C[C@@H](CO)N2C(=O)[C@@](CC3=CCCCC3)(N=[N+]=[N-])C[C@H](OC)[C@H]12. The molecule has 3 aliphatic rings. The molecule has 0 radical (unpaired) electrons. The number of methoxy groups -OCH3 is 1. The number of aliphatic hydroxyl groups is 1. The summed E-state index contributed by atoms with van der Waals surface area (Å²) in [6.45, 7) is 2.05. The zero-order chi connectivity index (χ0) is 18.7. The minimum atomic E-state index is -1.13. The number of rotatable bonds is 6. The summed E-state index contributed by atoms with van der Waals surface area (Å²) in [6, 6.07) is -0.263. The number of piperidine rings is 1. The van der Waals surface area contributed by atoms with E-state index in [1.807, 2.05) is 0 Å². The second kappa shape index (κ2) is 7.99. The number of nitrogens with zero attached hydrogens (tertiary/aromatic N) is 4. The van der Waals surface area contributed by atoms with Crippen LogP contribution in [0.2, 0.25) is 0 Å². The Morgan fingerprint density at radius 2 is 2.31 bits per heavy atom. The summed E-state index contributed by atoms with van der Waals surface area (Å²) in [7, 11) is 1.67. The van der Waals surface area contributed by atoms with E-state index in [1.54, 1.807) is 12.0 Å². The van der Waals surface area contributed by atoms with Gasteiger partial charge in [-0.1, -0.05) is 30.1 Å². The maximum Gasteiger partial charge on any atom is 0.235 e. The number of azide groups is 1. The maximum atomic E-state index is 13.6. The van der Waals surface area contributed by atoms with Crippen LogP contribution in [0.25, 0.3) is 10.4 Å². The lowest BCUT2D eigenvalue weighted by molar-refractivity contribution is -0.154. The van der Waals surface area contributed by atoms with Gasteiger partial charge in [0.25, 0.3) is 0 Å². The van der Waals surface area contributed by atoms with Gasteiger partial charge in [0.05, 0.1) is 24.8 Å². The predicted molar refractivity (Wildman–Crippen MR) is 98.4 cm³/mol. The van der Waals surface area contributed by atoms with Crippen molar-refractivity contribution in [1.82, 2.24) is 4.90 Å². The third kappa shape index (κ3) is 3.24. The van der Waals surface area contributed by atoms with Crippen LogP contribution < -0.4 is 0 Å². The minimum Gasteiger partial charge on any atom is -0.394 e. The molecule has 144 valence electrons. The van der Waals surface area contributed by atoms with Gasteiger partial charge in [0.15, 0.2) is 0 Å². The molecule has 2 fully saturated rings. The Kier molecular flexibility index (Phi) is 5.90. The second-order valence-corrected chi connectivity index (χ2v) is 7.93. The second-order valence-electron chi connectivity index (χ2n) is 7.93. The van der Waals surface area contributed by atoms with Crippen LogP contribution in [-0.4, -0.2) is 53.4 Å². The standard InChI is InChI=1S/C19H30N4O3/c1-3-14-9-15(12-24)23-17(14)16(26-2)11-19(18(23)25,21-22-20)10-13-7-5-4-6-8-13/h7,14-17,24H,3-6,8-12H2,1-2H3/t14-,15+,16+,17+,19+/m1/s1. The molecule has 1 N–H and O–H groups in total. The Balaban J connectivity index is 1.99. The van der Waals surface area contributed by atoms with Crippen molar-refractivity contribution in [2.45, 2.75) is 82.0 Å². The van der Waals surface area contributed by atoms with Gasteiger partial charge >= 0.3 is 0 Å². The van der Waals surface area contributed by atoms with Gasteiger partial charge in [0.2, 0.25) is 5.91 Å². The lowest BCUT2D eigenvalue weighted by Gasteiger charge is -2.48. The molecule has 26 heavy (non-hydrogen) atoms. The first-order valence-corrected chi connectivity index (χ1v) is 9.80. The van der Waals surface area contributed by atoms with E-state index in [1.165, 1.54) is 12.0 Å². The summed E-state index contributed by atoms with van der Waals surface area (Å²) in [5.74, 6) is 0.175. The van der Waals surface area contributed by atoms with Crippen molar-refractivity contribution in [2.75, 3.05) is 13.7 Å². The first kappa shape index (κ1) is 19.2. The Morgan fingerprint density at radius 1 is 1.50 bits per heavy atom. The Hall–Kier alpha value is -1.56. The zero-order valence-corrected chi connectivity index (χ0v) is 15.8. The summed E-state index contributed by atoms with van der Waals surface area (Å²) >= 11 is 0. The van der Waals surface area contributed by atoms with Gasteiger partial charge in [-0.2, -0.15) is 0 Å². The molecule has 7 heteroatoms. The van der Waals surface area contributed by atoms with Crippen molar-refractivity contribution >= 4 is 5.91 Å². The molecule has 5 atom stereocenters. The van der Waals surface area contributed by atoms with Crippen LogP contribution in [0, 0.1) is 5.92 Å². The van der Waals surface area contributed by atoms with Gasteiger partial charge in [0.1, 0.15) is 5.54 Å². The number of amides is 1. The molecular weight excluding hydrogens is 332 g/mol. The molecule has 1 amide bonds. The van der Waals surface area contributed by atoms with Crippen LogP contribution >= 0.6 is 0 Å². The molecule has 2 aliphatic heterocycles. The molecule has 0 aromatic rings. The fourth-order valence-electron chi connectivity index (χ4n) is 5.22. The van der Waals surface area contributed by atoms with E-state index >= 15 is 0 Å². The fraction of sp³-hybridized carbons (Fsp3) is 0.842. The van der Waals surface area contributed by atoms with Crippen molar-refractivity contribution < 1.29 is 14.6 Å². The Bertz CT molecular complexity index is 616. The van der Waals surface area contributed by atoms with Gasteiger partial charge in [-0.15, -0.1) is 0 Å². The molecule has 0 spiro atoms. The van der Waals surface area contributed by atoms with Crippen molar-refractivity contribution in [3.05, 3.63) is 22.1 Å². The molecule has 0 unspecified atom stereocenters. The normalized spacial score (nSPS) is 37.1. The Morgan fingerprint density at radius 3 is 2.88 bits per heavy atom. The molecule has 2 heterocycles. The molecule has 0 aromatic heterocycles. The van der Waals surface area contributed by atoms with Crippen LogP contribution in [0.3, 0.4) is 0 Å². The van der Waals surface area contributed by atoms with Crippen molar-refractivity contribution in [3.8, 4) is 0 Å². The zero-order valence-electron chi connectivity index (χ0n) is 15.8. The van der Waals surface area contributed by atoms with Gasteiger partial charge in [-0.05, 0) is 56.4 Å². The number of fused-ring (bicyclic) bond motifs is 1. The van der Waals surface area contributed by atoms with E-state index in [9.17, 15) is 15.4 Å². The molecule has 0 saturated carbocycles. The van der Waals surface area contributed by atoms with Gasteiger partial charge in [-0.25, -0.2) is 0 Å². The van der Waals surface area contributed by atoms with Crippen molar-refractivity contribution in [2.24, 2.45) is 11.0 Å². The van der Waals surface area contributed by atoms with Gasteiger partial charge in [0, 0.05) is 12.0 Å². The third-order valence-corrected chi connectivity index (χ3v) is 6.50. The monoisotopic (exact) mass is 362 g/mol. The third-order valence-electron chi connectivity index (χ3n) is 6.50. The summed E-state index contributed by atoms with van der Waals surface area (Å²) in [6.07, 6.45) is 8.88. The number of ether oxygens (including phenoxy) is 1. The first-order chi connectivity index (χ1) is 12.6. The lowest BCUT2D eigenvalue weighted by Crippen LogP contribution is -2.63. The van der Waals surface area contributed by atoms with Crippen LogP contribution in [0.1, 0.15) is 58.3 Å². The van der Waals surface area contributed by atoms with Crippen LogP contribution in [0.5, 0.6) is 0 Å². The van der Waals surface area contributed by atoms with Crippen molar-refractivity contribution in [3.63, 3.8) is 0 Å². The van der Waals surface area contributed by atoms with Crippen LogP contribution in [0.4, 0.5) is 0 Å². The van der Waals surface area contributed by atoms with E-state index in [2.05, 4.69) is 23.0 Å². The highest BCUT2D eigenvalue weighted by Crippen LogP contribution is 2.46. The molecule has 3 rings (SSSR count). The molecule has 0 bridgehead atoms. The molecule has 2 saturated heterocycles. The highest BCUT2D eigenvalue weighted by molar-refractivity contribution is 5.89. The number of aliphatic hydroxyl groups excluding tert-OH is 1. The summed E-state index contributed by atoms with van der Waals surface area (Å²) in [5, 5.41) is 13.9. The highest BCUT2D eigenvalue weighted by atomic mass is 16.5. The fourth-order valence-corrected chi connectivity index (χ4v) is 5.22. The Labute approximate surface area is 155 Å². The quantitative estimate of drug-likeness (QED) is 0.339. The lowest BCUT2D eigenvalue weighted by atomic mass is 9.75. The number of carbonyl (C=O) groups is 1. The average Bonchev–Trinajstić information content (AvgIpc) is 3.05. The summed E-state index contributed by atoms with van der Waals surface area (Å²) in [5.41, 5.74) is 9.30. The first-order valence-electron chi connectivity index (χ1n) is 9.80. The van der Waals surface area contributed by atoms with E-state index in [0.717, 1.165) is 32.1 Å². The van der Waals surface area contributed by atoms with Crippen LogP contribution in [0.15, 0.2) is 16.8 Å². The van der Waals surface area contributed by atoms with Gasteiger partial charge < -0.3 is 14.7 Å². The van der Waals surface area contributed by atoms with Crippen LogP contribution in [-0.2, 0) is 9.53 Å².